The number of hydrogen-bond donors (Lipinski definition) is 1. The van der Waals surface area contributed by atoms with E-state index in [1.807, 2.05) is 20.8 Å². The quantitative estimate of drug-likeness (QED) is 0.479. The Balaban J connectivity index is 3.04. The normalized spacial score (nSPS) is 23.5. The summed E-state index contributed by atoms with van der Waals surface area (Å²) in [5.74, 6) is -0.451. The van der Waals surface area contributed by atoms with Crippen molar-refractivity contribution in [3.63, 3.8) is 0 Å². The van der Waals surface area contributed by atoms with E-state index in [1.165, 1.54) is 0 Å². The number of carbonyl (C=O) groups excluding carboxylic acids is 2. The standard InChI is InChI=1S/C23H47NO5Si2/c1-21(2,3)27-20(26)24-17-14-16(19(25)29-31(12,13)23(7,8)9)15-18(17)28-30(10,11)22(4,5)6/h16-18H,14-15H2,1-13H3,(H,24,26)/t16-,17-,18+/m0/s1. The van der Waals surface area contributed by atoms with Gasteiger partial charge in [0.2, 0.25) is 0 Å². The van der Waals surface area contributed by atoms with Gasteiger partial charge in [0.05, 0.1) is 18.1 Å². The van der Waals surface area contributed by atoms with E-state index < -0.39 is 28.3 Å². The molecule has 1 amide bonds. The first kappa shape index (κ1) is 28.2. The molecule has 0 saturated heterocycles. The molecule has 0 aromatic rings. The molecular weight excluding hydrogens is 426 g/mol. The maximum atomic E-state index is 13.1. The van der Waals surface area contributed by atoms with Crippen LogP contribution in [0.1, 0.15) is 75.2 Å². The first-order valence-electron chi connectivity index (χ1n) is 11.5. The van der Waals surface area contributed by atoms with Crippen molar-refractivity contribution in [2.24, 2.45) is 5.92 Å². The number of alkyl carbamates (subject to hydrolysis) is 1. The van der Waals surface area contributed by atoms with Crippen LogP contribution >= 0.6 is 0 Å². The van der Waals surface area contributed by atoms with Gasteiger partial charge in [-0.3, -0.25) is 4.79 Å². The van der Waals surface area contributed by atoms with Gasteiger partial charge in [0.15, 0.2) is 8.32 Å². The van der Waals surface area contributed by atoms with E-state index in [0.717, 1.165) is 0 Å². The Kier molecular flexibility index (Phi) is 8.34. The molecule has 3 atom stereocenters. The van der Waals surface area contributed by atoms with Gasteiger partial charge in [0.1, 0.15) is 5.60 Å². The first-order chi connectivity index (χ1) is 13.6. The van der Waals surface area contributed by atoms with Gasteiger partial charge in [0, 0.05) is 0 Å². The molecule has 1 rings (SSSR count). The topological polar surface area (TPSA) is 73.9 Å². The van der Waals surface area contributed by atoms with Crippen LogP contribution in [0, 0.1) is 5.92 Å². The number of carbonyl (C=O) groups is 2. The van der Waals surface area contributed by atoms with Crippen LogP contribution in [-0.4, -0.2) is 46.4 Å². The largest absolute Gasteiger partial charge is 0.519 e. The van der Waals surface area contributed by atoms with Crippen LogP contribution in [0.5, 0.6) is 0 Å². The summed E-state index contributed by atoms with van der Waals surface area (Å²) in [6.07, 6.45) is 0.358. The second kappa shape index (κ2) is 9.17. The summed E-state index contributed by atoms with van der Waals surface area (Å²) >= 11 is 0. The molecule has 0 bridgehead atoms. The van der Waals surface area contributed by atoms with Crippen LogP contribution in [0.2, 0.25) is 36.3 Å². The van der Waals surface area contributed by atoms with Gasteiger partial charge in [-0.15, -0.1) is 0 Å². The molecule has 1 aliphatic carbocycles. The summed E-state index contributed by atoms with van der Waals surface area (Å²) in [5, 5.41) is 2.96. The molecule has 0 aromatic heterocycles. The molecule has 0 heterocycles. The molecule has 31 heavy (non-hydrogen) atoms. The van der Waals surface area contributed by atoms with Gasteiger partial charge in [-0.1, -0.05) is 41.5 Å². The highest BCUT2D eigenvalue weighted by molar-refractivity contribution is 6.75. The number of hydrogen-bond acceptors (Lipinski definition) is 5. The lowest BCUT2D eigenvalue weighted by Crippen LogP contribution is -2.50. The monoisotopic (exact) mass is 473 g/mol. The molecule has 0 spiro atoms. The van der Waals surface area contributed by atoms with Gasteiger partial charge in [0.25, 0.3) is 14.3 Å². The molecule has 0 radical (unpaired) electrons. The second-order valence-corrected chi connectivity index (χ2v) is 22.5. The number of nitrogens with one attached hydrogen (secondary N) is 1. The maximum absolute atomic E-state index is 13.1. The van der Waals surface area contributed by atoms with E-state index in [-0.39, 0.29) is 34.1 Å². The number of ether oxygens (including phenoxy) is 1. The van der Waals surface area contributed by atoms with E-state index in [1.54, 1.807) is 0 Å². The third-order valence-electron chi connectivity index (χ3n) is 6.95. The van der Waals surface area contributed by atoms with Crippen molar-refractivity contribution < 1.29 is 23.2 Å². The van der Waals surface area contributed by atoms with Crippen molar-refractivity contribution >= 4 is 28.7 Å². The molecule has 0 aliphatic heterocycles. The third-order valence-corrected chi connectivity index (χ3v) is 15.8. The first-order valence-corrected chi connectivity index (χ1v) is 17.3. The summed E-state index contributed by atoms with van der Waals surface area (Å²) in [4.78, 5) is 25.6. The van der Waals surface area contributed by atoms with Crippen molar-refractivity contribution in [2.75, 3.05) is 0 Å². The Bertz CT molecular complexity index is 656. The summed E-state index contributed by atoms with van der Waals surface area (Å²) in [6, 6.07) is -0.277. The summed E-state index contributed by atoms with van der Waals surface area (Å²) in [6.45, 7) is 27.0. The fraction of sp³-hybridized carbons (Fsp3) is 0.913. The van der Waals surface area contributed by atoms with Crippen LogP contribution in [0.3, 0.4) is 0 Å². The molecule has 1 aliphatic rings. The van der Waals surface area contributed by atoms with Crippen LogP contribution in [-0.2, 0) is 18.4 Å². The van der Waals surface area contributed by atoms with Crippen LogP contribution < -0.4 is 5.32 Å². The Morgan fingerprint density at radius 2 is 1.29 bits per heavy atom. The minimum atomic E-state index is -2.21. The molecule has 0 aromatic carbocycles. The van der Waals surface area contributed by atoms with Gasteiger partial charge < -0.3 is 18.9 Å². The average Bonchev–Trinajstić information content (AvgIpc) is 2.84. The van der Waals surface area contributed by atoms with E-state index in [4.69, 9.17) is 13.6 Å². The van der Waals surface area contributed by atoms with Crippen molar-refractivity contribution in [1.82, 2.24) is 5.32 Å². The molecule has 182 valence electrons. The number of amides is 1. The maximum Gasteiger partial charge on any atom is 0.407 e. The van der Waals surface area contributed by atoms with Crippen molar-refractivity contribution in [3.05, 3.63) is 0 Å². The van der Waals surface area contributed by atoms with Crippen molar-refractivity contribution in [1.29, 1.82) is 0 Å². The van der Waals surface area contributed by atoms with Gasteiger partial charge >= 0.3 is 6.09 Å². The Morgan fingerprint density at radius 1 is 0.806 bits per heavy atom. The summed E-state index contributed by atoms with van der Waals surface area (Å²) < 4.78 is 18.2. The van der Waals surface area contributed by atoms with E-state index >= 15 is 0 Å². The Hall–Kier alpha value is -0.866. The Morgan fingerprint density at radius 3 is 1.71 bits per heavy atom. The molecule has 8 heteroatoms. The zero-order valence-corrected chi connectivity index (χ0v) is 24.2. The molecular formula is C23H47NO5Si2. The highest BCUT2D eigenvalue weighted by Crippen LogP contribution is 2.42. The fourth-order valence-electron chi connectivity index (χ4n) is 2.98. The number of rotatable bonds is 5. The molecule has 1 fully saturated rings. The van der Waals surface area contributed by atoms with Crippen molar-refractivity contribution in [3.8, 4) is 0 Å². The third kappa shape index (κ3) is 7.89. The lowest BCUT2D eigenvalue weighted by Gasteiger charge is -2.40. The fourth-order valence-corrected chi connectivity index (χ4v) is 5.32. The zero-order valence-electron chi connectivity index (χ0n) is 22.2. The predicted molar refractivity (Wildman–Crippen MR) is 131 cm³/mol. The molecule has 6 nitrogen and oxygen atoms in total. The SMILES string of the molecule is CC(C)(C)OC(=O)N[C@H]1C[C@H](C(=O)O[Si](C)(C)C(C)(C)C)C[C@H]1O[Si](C)(C)C(C)(C)C. The zero-order chi connectivity index (χ0) is 24.6. The lowest BCUT2D eigenvalue weighted by atomic mass is 10.1. The molecule has 1 saturated carbocycles. The average molecular weight is 474 g/mol. The highest BCUT2D eigenvalue weighted by Gasteiger charge is 2.48. The minimum Gasteiger partial charge on any atom is -0.519 e. The summed E-state index contributed by atoms with van der Waals surface area (Å²) in [7, 11) is -4.30. The predicted octanol–water partition coefficient (Wildman–Crippen LogP) is 6.23. The van der Waals surface area contributed by atoms with E-state index in [0.29, 0.717) is 12.8 Å². The van der Waals surface area contributed by atoms with Gasteiger partial charge in [-0.05, 0) is 69.9 Å². The van der Waals surface area contributed by atoms with Crippen LogP contribution in [0.15, 0.2) is 0 Å². The van der Waals surface area contributed by atoms with Gasteiger partial charge in [-0.2, -0.15) is 0 Å². The van der Waals surface area contributed by atoms with Crippen molar-refractivity contribution in [2.45, 2.75) is 129 Å². The van der Waals surface area contributed by atoms with E-state index in [9.17, 15) is 9.59 Å². The minimum absolute atomic E-state index is 0.0310. The van der Waals surface area contributed by atoms with E-state index in [2.05, 4.69) is 73.0 Å². The summed E-state index contributed by atoms with van der Waals surface area (Å²) in [5.41, 5.74) is -0.584. The highest BCUT2D eigenvalue weighted by atomic mass is 28.4. The smallest absolute Gasteiger partial charge is 0.407 e. The van der Waals surface area contributed by atoms with Crippen LogP contribution in [0.4, 0.5) is 4.79 Å². The Labute approximate surface area is 192 Å². The van der Waals surface area contributed by atoms with Gasteiger partial charge in [-0.25, -0.2) is 4.79 Å². The molecule has 0 unspecified atom stereocenters. The second-order valence-electron chi connectivity index (χ2n) is 13.0. The molecule has 1 N–H and O–H groups in total. The van der Waals surface area contributed by atoms with Crippen LogP contribution in [0.25, 0.3) is 0 Å². The lowest BCUT2D eigenvalue weighted by molar-refractivity contribution is -0.140.